The SMILES string of the molecule is COc1cccc(CN(C(=O)CN(c2cccc(Cl)c2)S(=O)(=O)c2ccc(Cl)cc2)C(C)C(=O)NC2CCCCC2)c1. The maximum absolute atomic E-state index is 14.1. The van der Waals surface area contributed by atoms with Crippen molar-refractivity contribution in [2.24, 2.45) is 0 Å². The monoisotopic (exact) mass is 631 g/mol. The highest BCUT2D eigenvalue weighted by Crippen LogP contribution is 2.28. The molecule has 1 unspecified atom stereocenters. The molecule has 3 aromatic rings. The van der Waals surface area contributed by atoms with Crippen LogP contribution >= 0.6 is 23.2 Å². The van der Waals surface area contributed by atoms with Gasteiger partial charge in [-0.1, -0.05) is 60.7 Å². The minimum Gasteiger partial charge on any atom is -0.497 e. The van der Waals surface area contributed by atoms with Crippen molar-refractivity contribution in [3.63, 3.8) is 0 Å². The second-order valence-electron chi connectivity index (χ2n) is 10.3. The van der Waals surface area contributed by atoms with Crippen LogP contribution in [0.5, 0.6) is 5.75 Å². The van der Waals surface area contributed by atoms with Crippen molar-refractivity contribution in [1.82, 2.24) is 10.2 Å². The molecule has 42 heavy (non-hydrogen) atoms. The van der Waals surface area contributed by atoms with Gasteiger partial charge in [-0.05, 0) is 79.9 Å². The maximum Gasteiger partial charge on any atom is 0.264 e. The number of ether oxygens (including phenoxy) is 1. The third kappa shape index (κ3) is 7.96. The topological polar surface area (TPSA) is 96.0 Å². The van der Waals surface area contributed by atoms with Gasteiger partial charge in [0, 0.05) is 22.6 Å². The number of anilines is 1. The molecule has 4 rings (SSSR count). The van der Waals surface area contributed by atoms with E-state index >= 15 is 0 Å². The number of hydrogen-bond donors (Lipinski definition) is 1. The molecule has 0 bridgehead atoms. The van der Waals surface area contributed by atoms with E-state index in [1.54, 1.807) is 50.4 Å². The van der Waals surface area contributed by atoms with E-state index in [9.17, 15) is 18.0 Å². The van der Waals surface area contributed by atoms with Crippen LogP contribution in [0.2, 0.25) is 10.0 Å². The van der Waals surface area contributed by atoms with E-state index in [0.717, 1.165) is 42.0 Å². The Morgan fingerprint density at radius 1 is 0.952 bits per heavy atom. The van der Waals surface area contributed by atoms with Crippen LogP contribution in [0.1, 0.15) is 44.6 Å². The van der Waals surface area contributed by atoms with Crippen LogP contribution in [0.3, 0.4) is 0 Å². The van der Waals surface area contributed by atoms with Gasteiger partial charge in [-0.15, -0.1) is 0 Å². The summed E-state index contributed by atoms with van der Waals surface area (Å²) in [5, 5.41) is 3.78. The van der Waals surface area contributed by atoms with Crippen LogP contribution in [0.25, 0.3) is 0 Å². The zero-order valence-electron chi connectivity index (χ0n) is 23.6. The Morgan fingerprint density at radius 3 is 2.31 bits per heavy atom. The molecule has 0 radical (unpaired) electrons. The fourth-order valence-electron chi connectivity index (χ4n) is 5.01. The number of carbonyl (C=O) groups excluding carboxylic acids is 2. The van der Waals surface area contributed by atoms with Crippen molar-refractivity contribution in [3.05, 3.63) is 88.4 Å². The van der Waals surface area contributed by atoms with Crippen LogP contribution in [-0.4, -0.2) is 50.9 Å². The fraction of sp³-hybridized carbons (Fsp3) is 0.355. The first-order valence-electron chi connectivity index (χ1n) is 13.8. The Morgan fingerprint density at radius 2 is 1.64 bits per heavy atom. The van der Waals surface area contributed by atoms with Crippen molar-refractivity contribution in [2.75, 3.05) is 18.0 Å². The Balaban J connectivity index is 1.68. The standard InChI is InChI=1S/C31H35Cl2N3O5S/c1-22(31(38)34-26-10-4-3-5-11-26)35(20-23-8-6-13-28(18-23)41-2)30(37)21-36(27-12-7-9-25(33)19-27)42(39,40)29-16-14-24(32)15-17-29/h6-9,12-19,22,26H,3-5,10-11,20-21H2,1-2H3,(H,34,38). The molecular weight excluding hydrogens is 597 g/mol. The first-order chi connectivity index (χ1) is 20.1. The third-order valence-electron chi connectivity index (χ3n) is 7.38. The van der Waals surface area contributed by atoms with E-state index in [2.05, 4.69) is 5.32 Å². The first-order valence-corrected chi connectivity index (χ1v) is 16.0. The third-order valence-corrected chi connectivity index (χ3v) is 9.66. The highest BCUT2D eigenvalue weighted by Gasteiger charge is 2.33. The highest BCUT2D eigenvalue weighted by atomic mass is 35.5. The van der Waals surface area contributed by atoms with Crippen molar-refractivity contribution in [3.8, 4) is 5.75 Å². The van der Waals surface area contributed by atoms with Gasteiger partial charge in [0.2, 0.25) is 11.8 Å². The van der Waals surface area contributed by atoms with Crippen LogP contribution < -0.4 is 14.4 Å². The summed E-state index contributed by atoms with van der Waals surface area (Å²) in [4.78, 5) is 28.9. The molecule has 11 heteroatoms. The fourth-order valence-corrected chi connectivity index (χ4v) is 6.73. The van der Waals surface area contributed by atoms with E-state index in [4.69, 9.17) is 27.9 Å². The molecule has 1 aliphatic rings. The molecule has 1 saturated carbocycles. The van der Waals surface area contributed by atoms with Crippen molar-refractivity contribution in [1.29, 1.82) is 0 Å². The lowest BCUT2D eigenvalue weighted by Crippen LogP contribution is -2.53. The predicted octanol–water partition coefficient (Wildman–Crippen LogP) is 6.06. The van der Waals surface area contributed by atoms with Gasteiger partial charge in [0.1, 0.15) is 18.3 Å². The van der Waals surface area contributed by atoms with Crippen LogP contribution in [0.4, 0.5) is 5.69 Å². The molecule has 8 nitrogen and oxygen atoms in total. The molecule has 1 aliphatic carbocycles. The number of carbonyl (C=O) groups is 2. The summed E-state index contributed by atoms with van der Waals surface area (Å²) < 4.78 is 34.1. The average Bonchev–Trinajstić information content (AvgIpc) is 2.99. The average molecular weight is 633 g/mol. The van der Waals surface area contributed by atoms with Gasteiger partial charge in [-0.25, -0.2) is 8.42 Å². The molecule has 0 spiro atoms. The van der Waals surface area contributed by atoms with Crippen LogP contribution in [0.15, 0.2) is 77.7 Å². The maximum atomic E-state index is 14.1. The summed E-state index contributed by atoms with van der Waals surface area (Å²) in [5.41, 5.74) is 0.946. The second kappa shape index (κ2) is 14.3. The molecular formula is C31H35Cl2N3O5S. The van der Waals surface area contributed by atoms with E-state index in [0.29, 0.717) is 15.8 Å². The number of methoxy groups -OCH3 is 1. The molecule has 224 valence electrons. The number of rotatable bonds is 11. The van der Waals surface area contributed by atoms with Gasteiger partial charge in [0.05, 0.1) is 17.7 Å². The number of hydrogen-bond acceptors (Lipinski definition) is 5. The van der Waals surface area contributed by atoms with Gasteiger partial charge in [0.25, 0.3) is 10.0 Å². The normalized spacial score (nSPS) is 14.6. The van der Waals surface area contributed by atoms with Gasteiger partial charge in [-0.3, -0.25) is 13.9 Å². The molecule has 0 saturated heterocycles. The van der Waals surface area contributed by atoms with E-state index in [1.165, 1.54) is 35.2 Å². The van der Waals surface area contributed by atoms with Gasteiger partial charge in [0.15, 0.2) is 0 Å². The number of halogens is 2. The second-order valence-corrected chi connectivity index (χ2v) is 13.1. The highest BCUT2D eigenvalue weighted by molar-refractivity contribution is 7.92. The zero-order valence-corrected chi connectivity index (χ0v) is 26.0. The van der Waals surface area contributed by atoms with Gasteiger partial charge < -0.3 is 15.0 Å². The molecule has 1 N–H and O–H groups in total. The largest absolute Gasteiger partial charge is 0.497 e. The summed E-state index contributed by atoms with van der Waals surface area (Å²) >= 11 is 12.2. The zero-order chi connectivity index (χ0) is 30.3. The lowest BCUT2D eigenvalue weighted by Gasteiger charge is -2.33. The predicted molar refractivity (Wildman–Crippen MR) is 165 cm³/mol. The summed E-state index contributed by atoms with van der Waals surface area (Å²) in [6, 6.07) is 18.4. The first kappa shape index (κ1) is 31.7. The Hall–Kier alpha value is -3.27. The minimum absolute atomic E-state index is 0.0397. The van der Waals surface area contributed by atoms with Crippen LogP contribution in [-0.2, 0) is 26.2 Å². The number of amides is 2. The lowest BCUT2D eigenvalue weighted by molar-refractivity contribution is -0.139. The smallest absolute Gasteiger partial charge is 0.264 e. The molecule has 0 heterocycles. The number of sulfonamides is 1. The quantitative estimate of drug-likeness (QED) is 0.277. The molecule has 0 aromatic heterocycles. The number of nitrogens with zero attached hydrogens (tertiary/aromatic N) is 2. The number of benzene rings is 3. The molecule has 3 aromatic carbocycles. The van der Waals surface area contributed by atoms with Gasteiger partial charge in [-0.2, -0.15) is 0 Å². The van der Waals surface area contributed by atoms with Gasteiger partial charge >= 0.3 is 0 Å². The van der Waals surface area contributed by atoms with E-state index in [-0.39, 0.29) is 29.1 Å². The summed E-state index contributed by atoms with van der Waals surface area (Å²) in [5.74, 6) is -0.236. The van der Waals surface area contributed by atoms with Crippen molar-refractivity contribution >= 4 is 50.7 Å². The summed E-state index contributed by atoms with van der Waals surface area (Å²) in [7, 11) is -2.67. The van der Waals surface area contributed by atoms with Crippen LogP contribution in [0, 0.1) is 0 Å². The number of nitrogens with one attached hydrogen (secondary N) is 1. The van der Waals surface area contributed by atoms with Crippen molar-refractivity contribution < 1.29 is 22.7 Å². The molecule has 0 aliphatic heterocycles. The Bertz CT molecular complexity index is 1490. The minimum atomic E-state index is -4.22. The Labute approximate surface area is 257 Å². The van der Waals surface area contributed by atoms with E-state index in [1.807, 2.05) is 6.07 Å². The summed E-state index contributed by atoms with van der Waals surface area (Å²) in [6.07, 6.45) is 5.02. The van der Waals surface area contributed by atoms with E-state index < -0.39 is 28.5 Å². The molecule has 2 amide bonds. The molecule has 1 fully saturated rings. The Kier molecular flexibility index (Phi) is 10.8. The molecule has 1 atom stereocenters. The lowest BCUT2D eigenvalue weighted by atomic mass is 9.95. The van der Waals surface area contributed by atoms with Crippen molar-refractivity contribution in [2.45, 2.75) is 62.6 Å². The summed E-state index contributed by atoms with van der Waals surface area (Å²) in [6.45, 7) is 1.17.